The van der Waals surface area contributed by atoms with Crippen LogP contribution in [0.5, 0.6) is 0 Å². The lowest BCUT2D eigenvalue weighted by Gasteiger charge is -2.14. The van der Waals surface area contributed by atoms with E-state index in [0.29, 0.717) is 29.9 Å². The van der Waals surface area contributed by atoms with Crippen LogP contribution >= 0.6 is 34.4 Å². The average molecular weight is 475 g/mol. The highest BCUT2D eigenvalue weighted by Crippen LogP contribution is 2.23. The zero-order valence-electron chi connectivity index (χ0n) is 15.1. The van der Waals surface area contributed by atoms with Gasteiger partial charge in [-0.15, -0.1) is 0 Å². The summed E-state index contributed by atoms with van der Waals surface area (Å²) >= 11 is 3.78. The molecule has 0 saturated heterocycles. The summed E-state index contributed by atoms with van der Waals surface area (Å²) < 4.78 is 8.55. The largest absolute Gasteiger partial charge is 0.465 e. The molecule has 7 heteroatoms. The molecule has 2 aromatic rings. The van der Waals surface area contributed by atoms with Gasteiger partial charge in [-0.05, 0) is 34.9 Å². The Kier molecular flexibility index (Phi) is 8.48. The van der Waals surface area contributed by atoms with E-state index in [1.165, 1.54) is 24.6 Å². The van der Waals surface area contributed by atoms with Crippen LogP contribution in [0.1, 0.15) is 46.0 Å². The number of halogens is 1. The van der Waals surface area contributed by atoms with Crippen molar-refractivity contribution in [2.24, 2.45) is 13.0 Å². The van der Waals surface area contributed by atoms with Crippen LogP contribution in [0, 0.1) is 9.49 Å². The predicted octanol–water partition coefficient (Wildman–Crippen LogP) is 4.81. The molecule has 0 aliphatic rings. The number of aryl methyl sites for hydroxylation is 1. The van der Waals surface area contributed by atoms with Gasteiger partial charge in [0.1, 0.15) is 5.52 Å². The lowest BCUT2D eigenvalue weighted by Crippen LogP contribution is -2.14. The fraction of sp³-hybridized carbons (Fsp3) is 0.611. The molecule has 2 aromatic heterocycles. The number of aromatic nitrogens is 3. The number of unbranched alkanes of at least 4 members (excludes halogenated alkanes) is 1. The lowest BCUT2D eigenvalue weighted by atomic mass is 10.0. The quantitative estimate of drug-likeness (QED) is 0.214. The molecule has 0 aliphatic heterocycles. The minimum Gasteiger partial charge on any atom is -0.465 e. The van der Waals surface area contributed by atoms with Crippen molar-refractivity contribution in [2.45, 2.75) is 51.1 Å². The fourth-order valence-electron chi connectivity index (χ4n) is 2.57. The number of thioether (sulfide) groups is 1. The molecular formula is C18H26IN3O2S. The van der Waals surface area contributed by atoms with Crippen LogP contribution < -0.4 is 0 Å². The van der Waals surface area contributed by atoms with Crippen molar-refractivity contribution in [2.75, 3.05) is 12.4 Å². The first-order chi connectivity index (χ1) is 12.0. The number of fused-ring (bicyclic) bond motifs is 1. The highest BCUT2D eigenvalue weighted by Gasteiger charge is 2.12. The number of rotatable bonds is 10. The van der Waals surface area contributed by atoms with Crippen molar-refractivity contribution in [1.29, 1.82) is 0 Å². The second-order valence-electron chi connectivity index (χ2n) is 6.17. The van der Waals surface area contributed by atoms with Crippen LogP contribution in [0.25, 0.3) is 11.0 Å². The molecule has 0 aromatic carbocycles. The predicted molar refractivity (Wildman–Crippen MR) is 111 cm³/mol. The van der Waals surface area contributed by atoms with Gasteiger partial charge in [0.25, 0.3) is 0 Å². The van der Waals surface area contributed by atoms with E-state index in [-0.39, 0.29) is 5.97 Å². The molecule has 0 N–H and O–H groups in total. The number of hydrogen-bond acceptors (Lipinski definition) is 5. The first kappa shape index (κ1) is 20.5. The Balaban J connectivity index is 1.76. The van der Waals surface area contributed by atoms with Gasteiger partial charge in [-0.3, -0.25) is 4.79 Å². The highest BCUT2D eigenvalue weighted by molar-refractivity contribution is 14.1. The molecule has 0 aliphatic carbocycles. The van der Waals surface area contributed by atoms with Crippen molar-refractivity contribution in [3.63, 3.8) is 0 Å². The van der Waals surface area contributed by atoms with Crippen LogP contribution in [0.4, 0.5) is 0 Å². The van der Waals surface area contributed by atoms with E-state index in [2.05, 4.69) is 46.4 Å². The number of esters is 1. The topological polar surface area (TPSA) is 57.0 Å². The minimum absolute atomic E-state index is 0.127. The number of nitrogens with zero attached hydrogens (tertiary/aromatic N) is 3. The van der Waals surface area contributed by atoms with E-state index in [0.717, 1.165) is 27.4 Å². The third kappa shape index (κ3) is 6.13. The standard InChI is InChI=1S/C18H26IN3O2S/c1-4-6-7-13(5-2)12-24-16(23)8-9-25-18-20-10-15-17(21-18)14(19)11-22(15)3/h10-11,13H,4-9,12H2,1-3H3. The van der Waals surface area contributed by atoms with Crippen LogP contribution in [-0.4, -0.2) is 32.9 Å². The van der Waals surface area contributed by atoms with Gasteiger partial charge in [-0.2, -0.15) is 0 Å². The first-order valence-corrected chi connectivity index (χ1v) is 10.9. The third-order valence-electron chi connectivity index (χ3n) is 4.22. The molecule has 1 unspecified atom stereocenters. The molecule has 0 amide bonds. The van der Waals surface area contributed by atoms with Gasteiger partial charge >= 0.3 is 5.97 Å². The highest BCUT2D eigenvalue weighted by atomic mass is 127. The molecule has 0 fully saturated rings. The van der Waals surface area contributed by atoms with E-state index in [1.54, 1.807) is 0 Å². The van der Waals surface area contributed by atoms with Crippen molar-refractivity contribution in [3.8, 4) is 0 Å². The Labute approximate surface area is 167 Å². The van der Waals surface area contributed by atoms with E-state index < -0.39 is 0 Å². The summed E-state index contributed by atoms with van der Waals surface area (Å²) in [7, 11) is 1.99. The normalized spacial score (nSPS) is 12.5. The maximum Gasteiger partial charge on any atom is 0.306 e. The van der Waals surface area contributed by atoms with Gasteiger partial charge < -0.3 is 9.30 Å². The number of carbonyl (C=O) groups excluding carboxylic acids is 1. The lowest BCUT2D eigenvalue weighted by molar-refractivity contribution is -0.144. The SMILES string of the molecule is CCCCC(CC)COC(=O)CCSc1ncc2c(n1)c(I)cn2C. The molecule has 2 heterocycles. The summed E-state index contributed by atoms with van der Waals surface area (Å²) in [6.45, 7) is 4.89. The molecule has 2 rings (SSSR count). The second-order valence-corrected chi connectivity index (χ2v) is 8.40. The zero-order valence-corrected chi connectivity index (χ0v) is 18.1. The first-order valence-electron chi connectivity index (χ1n) is 8.81. The van der Waals surface area contributed by atoms with Gasteiger partial charge in [0, 0.05) is 19.0 Å². The minimum atomic E-state index is -0.127. The molecule has 0 spiro atoms. The maximum atomic E-state index is 11.9. The van der Waals surface area contributed by atoms with Gasteiger partial charge in [0.05, 0.1) is 28.3 Å². The molecule has 0 radical (unpaired) electrons. The molecule has 5 nitrogen and oxygen atoms in total. The Morgan fingerprint density at radius 2 is 2.24 bits per heavy atom. The van der Waals surface area contributed by atoms with Crippen LogP contribution in [0.15, 0.2) is 17.6 Å². The molecule has 0 bridgehead atoms. The zero-order chi connectivity index (χ0) is 18.2. The van der Waals surface area contributed by atoms with Crippen molar-refractivity contribution in [3.05, 3.63) is 16.0 Å². The summed E-state index contributed by atoms with van der Waals surface area (Å²) in [5.74, 6) is 1.000. The maximum absolute atomic E-state index is 11.9. The van der Waals surface area contributed by atoms with E-state index in [9.17, 15) is 4.79 Å². The van der Waals surface area contributed by atoms with Gasteiger partial charge in [0.15, 0.2) is 5.16 Å². The molecule has 1 atom stereocenters. The summed E-state index contributed by atoms with van der Waals surface area (Å²) in [6.07, 6.45) is 8.85. The Morgan fingerprint density at radius 1 is 1.44 bits per heavy atom. The van der Waals surface area contributed by atoms with Gasteiger partial charge in [-0.1, -0.05) is 44.9 Å². The van der Waals surface area contributed by atoms with Crippen molar-refractivity contribution in [1.82, 2.24) is 14.5 Å². The fourth-order valence-corrected chi connectivity index (χ4v) is 4.12. The van der Waals surface area contributed by atoms with Crippen LogP contribution in [0.3, 0.4) is 0 Å². The smallest absolute Gasteiger partial charge is 0.306 e. The summed E-state index contributed by atoms with van der Waals surface area (Å²) in [6, 6.07) is 0. The third-order valence-corrected chi connectivity index (χ3v) is 5.87. The van der Waals surface area contributed by atoms with Crippen LogP contribution in [-0.2, 0) is 16.6 Å². The number of hydrogen-bond donors (Lipinski definition) is 0. The second kappa shape index (κ2) is 10.4. The van der Waals surface area contributed by atoms with Crippen molar-refractivity contribution < 1.29 is 9.53 Å². The Hall–Kier alpha value is -0.830. The van der Waals surface area contributed by atoms with Gasteiger partial charge in [0.2, 0.25) is 0 Å². The Bertz CT molecular complexity index is 705. The van der Waals surface area contributed by atoms with Crippen molar-refractivity contribution >= 4 is 51.4 Å². The van der Waals surface area contributed by atoms with Crippen LogP contribution in [0.2, 0.25) is 0 Å². The van der Waals surface area contributed by atoms with E-state index in [1.807, 2.05) is 24.0 Å². The summed E-state index contributed by atoms with van der Waals surface area (Å²) in [5, 5.41) is 0.707. The number of carbonyl (C=O) groups is 1. The molecule has 138 valence electrons. The molecule has 25 heavy (non-hydrogen) atoms. The van der Waals surface area contributed by atoms with E-state index >= 15 is 0 Å². The average Bonchev–Trinajstić information content (AvgIpc) is 2.89. The Morgan fingerprint density at radius 3 is 2.96 bits per heavy atom. The molecular weight excluding hydrogens is 449 g/mol. The summed E-state index contributed by atoms with van der Waals surface area (Å²) in [4.78, 5) is 20.9. The monoisotopic (exact) mass is 475 g/mol. The van der Waals surface area contributed by atoms with Gasteiger partial charge in [-0.25, -0.2) is 9.97 Å². The summed E-state index contributed by atoms with van der Waals surface area (Å²) in [5.41, 5.74) is 1.98. The van der Waals surface area contributed by atoms with E-state index in [4.69, 9.17) is 4.74 Å². The molecule has 0 saturated carbocycles. The number of ether oxygens (including phenoxy) is 1.